The molecule has 0 bridgehead atoms. The van der Waals surface area contributed by atoms with Gasteiger partial charge in [0.1, 0.15) is 5.75 Å². The van der Waals surface area contributed by atoms with Gasteiger partial charge in [-0.05, 0) is 54.8 Å². The highest BCUT2D eigenvalue weighted by molar-refractivity contribution is 6.36. The summed E-state index contributed by atoms with van der Waals surface area (Å²) in [5, 5.41) is 15.0. The second-order valence-corrected chi connectivity index (χ2v) is 8.53. The Kier molecular flexibility index (Phi) is 7.23. The summed E-state index contributed by atoms with van der Waals surface area (Å²) >= 11 is 12.4. The number of fused-ring (bicyclic) bond motifs is 1. The normalized spacial score (nSPS) is 12.0. The van der Waals surface area contributed by atoms with E-state index >= 15 is 0 Å². The number of nitrogens with one attached hydrogen (secondary N) is 2. The van der Waals surface area contributed by atoms with Crippen molar-refractivity contribution in [3.63, 3.8) is 0 Å². The number of benzene rings is 3. The molecule has 0 spiro atoms. The van der Waals surface area contributed by atoms with Crippen LogP contribution in [0.2, 0.25) is 10.0 Å². The lowest BCUT2D eigenvalue weighted by Crippen LogP contribution is -2.39. The molecule has 0 fully saturated rings. The molecule has 0 radical (unpaired) electrons. The molecular formula is C26H24Cl2N2O3. The lowest BCUT2D eigenvalue weighted by Gasteiger charge is -2.18. The third-order valence-electron chi connectivity index (χ3n) is 5.46. The number of hydrogen-bond donors (Lipinski definition) is 3. The number of ether oxygens (including phenoxy) is 1. The maximum absolute atomic E-state index is 13.3. The molecule has 0 aliphatic heterocycles. The maximum Gasteiger partial charge on any atom is 0.255 e. The fourth-order valence-electron chi connectivity index (χ4n) is 3.87. The number of aliphatic hydroxyl groups excluding tert-OH is 1. The third kappa shape index (κ3) is 5.17. The molecule has 3 aromatic carbocycles. The van der Waals surface area contributed by atoms with E-state index in [0.717, 1.165) is 27.6 Å². The number of aromatic amines is 1. The van der Waals surface area contributed by atoms with E-state index in [-0.39, 0.29) is 12.5 Å². The van der Waals surface area contributed by atoms with Crippen molar-refractivity contribution in [1.29, 1.82) is 0 Å². The molecule has 0 aliphatic rings. The van der Waals surface area contributed by atoms with Crippen molar-refractivity contribution < 1.29 is 14.6 Å². The highest BCUT2D eigenvalue weighted by atomic mass is 35.5. The topological polar surface area (TPSA) is 74.3 Å². The Morgan fingerprint density at radius 2 is 1.94 bits per heavy atom. The van der Waals surface area contributed by atoms with Crippen molar-refractivity contribution in [2.24, 2.45) is 0 Å². The quantitative estimate of drug-likeness (QED) is 0.293. The van der Waals surface area contributed by atoms with E-state index in [4.69, 9.17) is 27.9 Å². The summed E-state index contributed by atoms with van der Waals surface area (Å²) in [6.45, 7) is 2.08. The number of halogens is 2. The SMILES string of the molecule is CCOc1ccc(-c2ccc(Cl)cc2Cl)cc1C(=O)NC(CO)Cc1c[nH]c2ccccc12. The van der Waals surface area contributed by atoms with E-state index in [2.05, 4.69) is 10.3 Å². The molecule has 0 saturated carbocycles. The van der Waals surface area contributed by atoms with Gasteiger partial charge in [-0.2, -0.15) is 0 Å². The minimum absolute atomic E-state index is 0.197. The van der Waals surface area contributed by atoms with E-state index in [1.54, 1.807) is 24.3 Å². The average molecular weight is 483 g/mol. The number of hydrogen-bond acceptors (Lipinski definition) is 3. The molecule has 170 valence electrons. The molecule has 3 N–H and O–H groups in total. The molecule has 0 aliphatic carbocycles. The summed E-state index contributed by atoms with van der Waals surface area (Å²) in [5.41, 5.74) is 3.94. The summed E-state index contributed by atoms with van der Waals surface area (Å²) in [6.07, 6.45) is 2.40. The van der Waals surface area contributed by atoms with E-state index in [1.165, 1.54) is 0 Å². The number of aliphatic hydroxyl groups is 1. The fourth-order valence-corrected chi connectivity index (χ4v) is 4.39. The smallest absolute Gasteiger partial charge is 0.255 e. The van der Waals surface area contributed by atoms with Crippen molar-refractivity contribution in [2.75, 3.05) is 13.2 Å². The van der Waals surface area contributed by atoms with Crippen LogP contribution in [0.1, 0.15) is 22.8 Å². The molecule has 4 rings (SSSR count). The van der Waals surface area contributed by atoms with Crippen molar-refractivity contribution in [2.45, 2.75) is 19.4 Å². The molecule has 0 saturated heterocycles. The number of amides is 1. The van der Waals surface area contributed by atoms with Gasteiger partial charge in [0.05, 0.1) is 24.8 Å². The molecule has 1 aromatic heterocycles. The van der Waals surface area contributed by atoms with Crippen LogP contribution >= 0.6 is 23.2 Å². The van der Waals surface area contributed by atoms with Crippen LogP contribution in [0.25, 0.3) is 22.0 Å². The number of para-hydroxylation sites is 1. The first-order chi connectivity index (χ1) is 16.0. The van der Waals surface area contributed by atoms with E-state index < -0.39 is 6.04 Å². The molecule has 7 heteroatoms. The van der Waals surface area contributed by atoms with Gasteiger partial charge in [0, 0.05) is 32.7 Å². The minimum atomic E-state index is -0.464. The van der Waals surface area contributed by atoms with Crippen molar-refractivity contribution in [3.8, 4) is 16.9 Å². The fraction of sp³-hybridized carbons (Fsp3) is 0.192. The summed E-state index contributed by atoms with van der Waals surface area (Å²) in [5.74, 6) is 0.136. The highest BCUT2D eigenvalue weighted by Crippen LogP contribution is 2.33. The zero-order valence-electron chi connectivity index (χ0n) is 18.1. The van der Waals surface area contributed by atoms with Crippen LogP contribution < -0.4 is 10.1 Å². The van der Waals surface area contributed by atoms with Crippen molar-refractivity contribution >= 4 is 40.0 Å². The van der Waals surface area contributed by atoms with Crippen LogP contribution in [0.5, 0.6) is 5.75 Å². The van der Waals surface area contributed by atoms with Gasteiger partial charge in [-0.15, -0.1) is 0 Å². The Labute approximate surface area is 202 Å². The Balaban J connectivity index is 1.61. The van der Waals surface area contributed by atoms with Gasteiger partial charge in [0.25, 0.3) is 5.91 Å². The first-order valence-corrected chi connectivity index (χ1v) is 11.4. The maximum atomic E-state index is 13.3. The molecule has 1 unspecified atom stereocenters. The highest BCUT2D eigenvalue weighted by Gasteiger charge is 2.20. The van der Waals surface area contributed by atoms with Gasteiger partial charge in [-0.1, -0.05) is 53.5 Å². The van der Waals surface area contributed by atoms with Gasteiger partial charge in [-0.3, -0.25) is 4.79 Å². The summed E-state index contributed by atoms with van der Waals surface area (Å²) in [4.78, 5) is 16.5. The van der Waals surface area contributed by atoms with Crippen molar-refractivity contribution in [1.82, 2.24) is 10.3 Å². The van der Waals surface area contributed by atoms with Crippen LogP contribution in [0.4, 0.5) is 0 Å². The molecule has 33 heavy (non-hydrogen) atoms. The molecule has 1 heterocycles. The Bertz CT molecular complexity index is 1290. The standard InChI is InChI=1S/C26H24Cl2N2O3/c1-2-33-25-10-7-16(20-9-8-18(27)13-23(20)28)12-22(25)26(32)30-19(15-31)11-17-14-29-24-6-4-3-5-21(17)24/h3-10,12-14,19,29,31H,2,11,15H2,1H3,(H,30,32). The minimum Gasteiger partial charge on any atom is -0.493 e. The number of aromatic nitrogens is 1. The van der Waals surface area contributed by atoms with Gasteiger partial charge >= 0.3 is 0 Å². The van der Waals surface area contributed by atoms with Gasteiger partial charge in [-0.25, -0.2) is 0 Å². The first-order valence-electron chi connectivity index (χ1n) is 10.7. The number of rotatable bonds is 8. The lowest BCUT2D eigenvalue weighted by molar-refractivity contribution is 0.0913. The number of carbonyl (C=O) groups excluding carboxylic acids is 1. The molecule has 4 aromatic rings. The first kappa shape index (κ1) is 23.2. The Morgan fingerprint density at radius 3 is 2.70 bits per heavy atom. The van der Waals surface area contributed by atoms with Gasteiger partial charge in [0.2, 0.25) is 0 Å². The molecule has 5 nitrogen and oxygen atoms in total. The van der Waals surface area contributed by atoms with Gasteiger partial charge in [0.15, 0.2) is 0 Å². The average Bonchev–Trinajstić information content (AvgIpc) is 3.22. The van der Waals surface area contributed by atoms with Crippen LogP contribution in [0, 0.1) is 0 Å². The van der Waals surface area contributed by atoms with Crippen LogP contribution in [-0.4, -0.2) is 35.3 Å². The Hall–Kier alpha value is -2.99. The molecule has 1 atom stereocenters. The summed E-state index contributed by atoms with van der Waals surface area (Å²) in [7, 11) is 0. The third-order valence-corrected chi connectivity index (χ3v) is 6.01. The largest absolute Gasteiger partial charge is 0.493 e. The number of carbonyl (C=O) groups is 1. The monoisotopic (exact) mass is 482 g/mol. The zero-order chi connectivity index (χ0) is 23.4. The van der Waals surface area contributed by atoms with Crippen LogP contribution in [-0.2, 0) is 6.42 Å². The Morgan fingerprint density at radius 1 is 1.12 bits per heavy atom. The second-order valence-electron chi connectivity index (χ2n) is 7.68. The summed E-state index contributed by atoms with van der Waals surface area (Å²) in [6, 6.07) is 18.1. The predicted octanol–water partition coefficient (Wildman–Crippen LogP) is 5.87. The molecular weight excluding hydrogens is 459 g/mol. The van der Waals surface area contributed by atoms with Gasteiger partial charge < -0.3 is 20.1 Å². The second kappa shape index (κ2) is 10.3. The van der Waals surface area contributed by atoms with Crippen LogP contribution in [0.15, 0.2) is 66.9 Å². The van der Waals surface area contributed by atoms with Crippen molar-refractivity contribution in [3.05, 3.63) is 88.0 Å². The molecule has 1 amide bonds. The van der Waals surface area contributed by atoms with E-state index in [0.29, 0.717) is 34.4 Å². The summed E-state index contributed by atoms with van der Waals surface area (Å²) < 4.78 is 5.69. The number of H-pyrrole nitrogens is 1. The van der Waals surface area contributed by atoms with E-state index in [1.807, 2.05) is 49.5 Å². The van der Waals surface area contributed by atoms with Crippen LogP contribution in [0.3, 0.4) is 0 Å². The predicted molar refractivity (Wildman–Crippen MR) is 133 cm³/mol. The zero-order valence-corrected chi connectivity index (χ0v) is 19.6. The lowest BCUT2D eigenvalue weighted by atomic mass is 10.0. The van der Waals surface area contributed by atoms with E-state index in [9.17, 15) is 9.90 Å².